The van der Waals surface area contributed by atoms with Crippen molar-refractivity contribution in [2.75, 3.05) is 7.05 Å². The van der Waals surface area contributed by atoms with Gasteiger partial charge in [-0.3, -0.25) is 4.99 Å². The molecule has 1 aromatic carbocycles. The molecule has 15 heavy (non-hydrogen) atoms. The van der Waals surface area contributed by atoms with Crippen LogP contribution in [0.2, 0.25) is 0 Å². The number of aromatic nitrogens is 1. The first-order valence-corrected chi connectivity index (χ1v) is 4.75. The van der Waals surface area contributed by atoms with Crippen LogP contribution in [0, 0.1) is 0 Å². The molecule has 0 amide bonds. The van der Waals surface area contributed by atoms with E-state index in [1.54, 1.807) is 19.2 Å². The molecule has 3 nitrogen and oxygen atoms in total. The van der Waals surface area contributed by atoms with Crippen molar-refractivity contribution in [3.63, 3.8) is 0 Å². The van der Waals surface area contributed by atoms with Crippen molar-refractivity contribution in [1.29, 1.82) is 0 Å². The van der Waals surface area contributed by atoms with Gasteiger partial charge in [0.1, 0.15) is 11.3 Å². The minimum Gasteiger partial charge on any atom is -0.506 e. The molecular weight excluding hydrogens is 188 g/mol. The lowest BCUT2D eigenvalue weighted by Crippen LogP contribution is -1.98. The molecule has 1 aromatic heterocycles. The second-order valence-corrected chi connectivity index (χ2v) is 3.35. The normalized spacial score (nSPS) is 12.0. The molecule has 0 saturated carbocycles. The molecular formula is C12H12N2O. The smallest absolute Gasteiger partial charge is 0.141 e. The van der Waals surface area contributed by atoms with Gasteiger partial charge in [-0.15, -0.1) is 0 Å². The van der Waals surface area contributed by atoms with E-state index in [9.17, 15) is 5.11 Å². The number of para-hydroxylation sites is 1. The zero-order chi connectivity index (χ0) is 10.8. The lowest BCUT2D eigenvalue weighted by atomic mass is 10.1. The van der Waals surface area contributed by atoms with Gasteiger partial charge in [0.15, 0.2) is 0 Å². The van der Waals surface area contributed by atoms with Crippen LogP contribution in [-0.4, -0.2) is 22.8 Å². The van der Waals surface area contributed by atoms with Crippen molar-refractivity contribution < 1.29 is 5.11 Å². The summed E-state index contributed by atoms with van der Waals surface area (Å²) in [5, 5.41) is 10.6. The Morgan fingerprint density at radius 2 is 2.07 bits per heavy atom. The Hall–Kier alpha value is -1.90. The molecule has 1 N–H and O–H groups in total. The third kappa shape index (κ3) is 1.68. The number of phenols is 1. The van der Waals surface area contributed by atoms with Crippen LogP contribution < -0.4 is 0 Å². The molecule has 76 valence electrons. The first-order valence-electron chi connectivity index (χ1n) is 4.75. The fraction of sp³-hybridized carbons (Fsp3) is 0.167. The van der Waals surface area contributed by atoms with Crippen LogP contribution in [0.1, 0.15) is 12.6 Å². The monoisotopic (exact) mass is 200 g/mol. The van der Waals surface area contributed by atoms with Crippen LogP contribution >= 0.6 is 0 Å². The van der Waals surface area contributed by atoms with Crippen molar-refractivity contribution in [2.24, 2.45) is 4.99 Å². The Morgan fingerprint density at radius 1 is 1.27 bits per heavy atom. The quantitative estimate of drug-likeness (QED) is 0.718. The number of hydrogen-bond acceptors (Lipinski definition) is 3. The van der Waals surface area contributed by atoms with E-state index < -0.39 is 0 Å². The van der Waals surface area contributed by atoms with Gasteiger partial charge in [0, 0.05) is 12.4 Å². The molecule has 2 rings (SSSR count). The number of benzene rings is 1. The van der Waals surface area contributed by atoms with Gasteiger partial charge in [-0.25, -0.2) is 4.98 Å². The van der Waals surface area contributed by atoms with Crippen LogP contribution in [0.5, 0.6) is 5.75 Å². The van der Waals surface area contributed by atoms with Crippen molar-refractivity contribution >= 4 is 16.6 Å². The minimum atomic E-state index is 0.207. The van der Waals surface area contributed by atoms with E-state index in [2.05, 4.69) is 9.98 Å². The number of pyridine rings is 1. The van der Waals surface area contributed by atoms with Gasteiger partial charge in [0.25, 0.3) is 0 Å². The summed E-state index contributed by atoms with van der Waals surface area (Å²) in [4.78, 5) is 8.43. The number of phenolic OH excluding ortho intramolecular Hbond substituents is 1. The summed E-state index contributed by atoms with van der Waals surface area (Å²) in [6.45, 7) is 1.90. The predicted octanol–water partition coefficient (Wildman–Crippen LogP) is 2.38. The van der Waals surface area contributed by atoms with Gasteiger partial charge in [0.2, 0.25) is 0 Å². The summed E-state index contributed by atoms with van der Waals surface area (Å²) < 4.78 is 0. The molecule has 0 saturated heterocycles. The van der Waals surface area contributed by atoms with Gasteiger partial charge >= 0.3 is 0 Å². The summed E-state index contributed by atoms with van der Waals surface area (Å²) in [7, 11) is 1.73. The number of aromatic hydroxyl groups is 1. The highest BCUT2D eigenvalue weighted by atomic mass is 16.3. The number of rotatable bonds is 1. The number of nitrogens with zero attached hydrogens (tertiary/aromatic N) is 2. The molecule has 0 unspecified atom stereocenters. The van der Waals surface area contributed by atoms with E-state index in [4.69, 9.17) is 0 Å². The van der Waals surface area contributed by atoms with E-state index in [1.807, 2.05) is 25.1 Å². The molecule has 0 aliphatic heterocycles. The molecule has 0 fully saturated rings. The first kappa shape index (κ1) is 9.65. The lowest BCUT2D eigenvalue weighted by molar-refractivity contribution is 0.480. The maximum absolute atomic E-state index is 9.65. The maximum atomic E-state index is 9.65. The largest absolute Gasteiger partial charge is 0.506 e. The molecule has 2 aromatic rings. The fourth-order valence-corrected chi connectivity index (χ4v) is 1.45. The third-order valence-electron chi connectivity index (χ3n) is 2.41. The second-order valence-electron chi connectivity index (χ2n) is 3.35. The molecule has 3 heteroatoms. The number of fused-ring (bicyclic) bond motifs is 1. The van der Waals surface area contributed by atoms with Crippen molar-refractivity contribution in [3.8, 4) is 5.75 Å². The van der Waals surface area contributed by atoms with Crippen LogP contribution in [0.3, 0.4) is 0 Å². The SMILES string of the molecule is CN=C(C)c1ccc2cccc(O)c2n1. The average Bonchev–Trinajstić information content (AvgIpc) is 2.28. The van der Waals surface area contributed by atoms with Gasteiger partial charge in [-0.05, 0) is 19.1 Å². The lowest BCUT2D eigenvalue weighted by Gasteiger charge is -2.03. The topological polar surface area (TPSA) is 45.5 Å². The Balaban J connectivity index is 2.70. The Bertz CT molecular complexity index is 532. The van der Waals surface area contributed by atoms with E-state index in [-0.39, 0.29) is 5.75 Å². The molecule has 0 aliphatic carbocycles. The highest BCUT2D eigenvalue weighted by Gasteiger charge is 2.03. The third-order valence-corrected chi connectivity index (χ3v) is 2.41. The highest BCUT2D eigenvalue weighted by molar-refractivity contribution is 5.99. The number of hydrogen-bond donors (Lipinski definition) is 1. The van der Waals surface area contributed by atoms with Gasteiger partial charge in [0.05, 0.1) is 11.4 Å². The molecule has 1 heterocycles. The Labute approximate surface area is 88.1 Å². The Kier molecular flexibility index (Phi) is 2.37. The number of aliphatic imine (C=N–C) groups is 1. The first-order chi connectivity index (χ1) is 7.22. The van der Waals surface area contributed by atoms with E-state index >= 15 is 0 Å². The molecule has 0 aliphatic rings. The fourth-order valence-electron chi connectivity index (χ4n) is 1.45. The second kappa shape index (κ2) is 3.69. The predicted molar refractivity (Wildman–Crippen MR) is 61.5 cm³/mol. The van der Waals surface area contributed by atoms with E-state index in [0.717, 1.165) is 16.8 Å². The maximum Gasteiger partial charge on any atom is 0.141 e. The summed E-state index contributed by atoms with van der Waals surface area (Å²) in [6.07, 6.45) is 0. The van der Waals surface area contributed by atoms with Crippen molar-refractivity contribution in [2.45, 2.75) is 6.92 Å². The molecule has 0 radical (unpaired) electrons. The summed E-state index contributed by atoms with van der Waals surface area (Å²) in [6, 6.07) is 9.21. The Morgan fingerprint density at radius 3 is 2.80 bits per heavy atom. The van der Waals surface area contributed by atoms with Gasteiger partial charge < -0.3 is 5.11 Å². The van der Waals surface area contributed by atoms with Crippen LogP contribution in [0.4, 0.5) is 0 Å². The van der Waals surface area contributed by atoms with Crippen LogP contribution in [-0.2, 0) is 0 Å². The van der Waals surface area contributed by atoms with Crippen molar-refractivity contribution in [3.05, 3.63) is 36.0 Å². The van der Waals surface area contributed by atoms with Gasteiger partial charge in [-0.2, -0.15) is 0 Å². The standard InChI is InChI=1S/C12H12N2O/c1-8(13-2)10-7-6-9-4-3-5-11(15)12(9)14-10/h3-7,15H,1-2H3. The van der Waals surface area contributed by atoms with Crippen LogP contribution in [0.15, 0.2) is 35.3 Å². The zero-order valence-electron chi connectivity index (χ0n) is 8.73. The highest BCUT2D eigenvalue weighted by Crippen LogP contribution is 2.22. The summed E-state index contributed by atoms with van der Waals surface area (Å²) in [5.41, 5.74) is 2.28. The average molecular weight is 200 g/mol. The molecule has 0 bridgehead atoms. The summed E-state index contributed by atoms with van der Waals surface area (Å²) in [5.74, 6) is 0.207. The van der Waals surface area contributed by atoms with E-state index in [0.29, 0.717) is 5.52 Å². The van der Waals surface area contributed by atoms with Crippen molar-refractivity contribution in [1.82, 2.24) is 4.98 Å². The zero-order valence-corrected chi connectivity index (χ0v) is 8.73. The summed E-state index contributed by atoms with van der Waals surface area (Å²) >= 11 is 0. The molecule has 0 atom stereocenters. The minimum absolute atomic E-state index is 0.207. The van der Waals surface area contributed by atoms with E-state index in [1.165, 1.54) is 0 Å². The van der Waals surface area contributed by atoms with Gasteiger partial charge in [-0.1, -0.05) is 18.2 Å². The van der Waals surface area contributed by atoms with Crippen LogP contribution in [0.25, 0.3) is 10.9 Å². The molecule has 0 spiro atoms.